The summed E-state index contributed by atoms with van der Waals surface area (Å²) in [5, 5.41) is 0. The van der Waals surface area contributed by atoms with Crippen molar-refractivity contribution in [1.82, 2.24) is 10.9 Å². The summed E-state index contributed by atoms with van der Waals surface area (Å²) in [7, 11) is 0. The molecule has 128 valence electrons. The van der Waals surface area contributed by atoms with Gasteiger partial charge in [-0.2, -0.15) is 0 Å². The first kappa shape index (κ1) is 19.0. The van der Waals surface area contributed by atoms with Crippen molar-refractivity contribution in [2.24, 2.45) is 5.92 Å². The molecule has 0 bridgehead atoms. The Kier molecular flexibility index (Phi) is 6.61. The van der Waals surface area contributed by atoms with Gasteiger partial charge in [0.15, 0.2) is 6.10 Å². The molecule has 0 fully saturated rings. The summed E-state index contributed by atoms with van der Waals surface area (Å²) in [6.45, 7) is 11.9. The molecule has 0 saturated carbocycles. The second-order valence-corrected chi connectivity index (χ2v) is 7.17. The normalized spacial score (nSPS) is 12.7. The number of hydrogen-bond acceptors (Lipinski definition) is 3. The van der Waals surface area contributed by atoms with Crippen LogP contribution in [-0.2, 0) is 15.0 Å². The summed E-state index contributed by atoms with van der Waals surface area (Å²) in [6.07, 6.45) is -0.334. The van der Waals surface area contributed by atoms with Gasteiger partial charge in [0.05, 0.1) is 0 Å². The number of hydrazine groups is 1. The van der Waals surface area contributed by atoms with Crippen LogP contribution in [-0.4, -0.2) is 17.9 Å². The SMILES string of the molecule is CC(C)CC(=O)NNC(=O)C(C)Oc1ccc(C(C)(C)C)cc1. The fourth-order valence-corrected chi connectivity index (χ4v) is 1.95. The number of carbonyl (C=O) groups is 2. The number of amides is 2. The maximum atomic E-state index is 11.9. The lowest BCUT2D eigenvalue weighted by molar-refractivity contribution is -0.133. The lowest BCUT2D eigenvalue weighted by atomic mass is 9.87. The van der Waals surface area contributed by atoms with Crippen molar-refractivity contribution in [2.45, 2.75) is 59.5 Å². The highest BCUT2D eigenvalue weighted by Crippen LogP contribution is 2.24. The van der Waals surface area contributed by atoms with Gasteiger partial charge < -0.3 is 4.74 Å². The predicted molar refractivity (Wildman–Crippen MR) is 91.0 cm³/mol. The van der Waals surface area contributed by atoms with Gasteiger partial charge in [-0.15, -0.1) is 0 Å². The highest BCUT2D eigenvalue weighted by atomic mass is 16.5. The molecule has 0 radical (unpaired) electrons. The molecule has 2 N–H and O–H groups in total. The van der Waals surface area contributed by atoms with Crippen LogP contribution in [0.1, 0.15) is 53.5 Å². The third kappa shape index (κ3) is 6.72. The molecule has 0 aromatic heterocycles. The van der Waals surface area contributed by atoms with Crippen LogP contribution >= 0.6 is 0 Å². The largest absolute Gasteiger partial charge is 0.481 e. The van der Waals surface area contributed by atoms with Gasteiger partial charge in [-0.25, -0.2) is 0 Å². The number of rotatable bonds is 5. The van der Waals surface area contributed by atoms with Crippen LogP contribution in [0, 0.1) is 5.92 Å². The Labute approximate surface area is 138 Å². The van der Waals surface area contributed by atoms with E-state index in [4.69, 9.17) is 4.74 Å². The lowest BCUT2D eigenvalue weighted by Crippen LogP contribution is -2.47. The number of ether oxygens (including phenoxy) is 1. The van der Waals surface area contributed by atoms with Crippen LogP contribution in [0.4, 0.5) is 0 Å². The van der Waals surface area contributed by atoms with E-state index in [1.54, 1.807) is 6.92 Å². The average Bonchev–Trinajstić information content (AvgIpc) is 2.43. The van der Waals surface area contributed by atoms with Gasteiger partial charge in [0.1, 0.15) is 5.75 Å². The number of benzene rings is 1. The molecular weight excluding hydrogens is 292 g/mol. The standard InChI is InChI=1S/C18H28N2O3/c1-12(2)11-16(21)19-20-17(22)13(3)23-15-9-7-14(8-10-15)18(4,5)6/h7-10,12-13H,11H2,1-6H3,(H,19,21)(H,20,22). The minimum Gasteiger partial charge on any atom is -0.481 e. The Balaban J connectivity index is 2.50. The van der Waals surface area contributed by atoms with Crippen molar-refractivity contribution < 1.29 is 14.3 Å². The number of carbonyl (C=O) groups excluding carboxylic acids is 2. The molecule has 2 amide bonds. The van der Waals surface area contributed by atoms with Gasteiger partial charge in [-0.1, -0.05) is 46.8 Å². The second kappa shape index (κ2) is 7.99. The molecule has 1 rings (SSSR count). The summed E-state index contributed by atoms with van der Waals surface area (Å²) >= 11 is 0. The van der Waals surface area contributed by atoms with Gasteiger partial charge in [0.25, 0.3) is 5.91 Å². The van der Waals surface area contributed by atoms with E-state index in [-0.39, 0.29) is 23.1 Å². The predicted octanol–water partition coefficient (Wildman–Crippen LogP) is 2.94. The molecule has 0 aliphatic rings. The first-order valence-electron chi connectivity index (χ1n) is 7.95. The lowest BCUT2D eigenvalue weighted by Gasteiger charge is -2.20. The Bertz CT molecular complexity index is 530. The summed E-state index contributed by atoms with van der Waals surface area (Å²) in [5.74, 6) is 0.258. The van der Waals surface area contributed by atoms with Gasteiger partial charge in [0.2, 0.25) is 5.91 Å². The zero-order valence-corrected chi connectivity index (χ0v) is 14.9. The van der Waals surface area contributed by atoms with E-state index in [9.17, 15) is 9.59 Å². The summed E-state index contributed by atoms with van der Waals surface area (Å²) in [4.78, 5) is 23.4. The van der Waals surface area contributed by atoms with E-state index in [2.05, 4.69) is 31.6 Å². The van der Waals surface area contributed by atoms with Crippen molar-refractivity contribution in [3.8, 4) is 5.75 Å². The zero-order valence-electron chi connectivity index (χ0n) is 14.9. The Morgan fingerprint density at radius 1 is 1.04 bits per heavy atom. The first-order valence-corrected chi connectivity index (χ1v) is 7.95. The number of nitrogens with one attached hydrogen (secondary N) is 2. The van der Waals surface area contributed by atoms with Crippen molar-refractivity contribution in [2.75, 3.05) is 0 Å². The van der Waals surface area contributed by atoms with Crippen LogP contribution in [0.15, 0.2) is 24.3 Å². The minimum absolute atomic E-state index is 0.0716. The molecule has 5 nitrogen and oxygen atoms in total. The van der Waals surface area contributed by atoms with Gasteiger partial charge in [-0.3, -0.25) is 20.4 Å². The first-order chi connectivity index (χ1) is 10.6. The second-order valence-electron chi connectivity index (χ2n) is 7.17. The maximum absolute atomic E-state index is 11.9. The van der Waals surface area contributed by atoms with Crippen molar-refractivity contribution >= 4 is 11.8 Å². The molecule has 23 heavy (non-hydrogen) atoms. The Hall–Kier alpha value is -2.04. The van der Waals surface area contributed by atoms with Crippen molar-refractivity contribution in [3.63, 3.8) is 0 Å². The molecule has 0 heterocycles. The molecule has 1 atom stereocenters. The van der Waals surface area contributed by atoms with E-state index in [0.717, 1.165) is 0 Å². The summed E-state index contributed by atoms with van der Waals surface area (Å²) in [5.41, 5.74) is 6.04. The van der Waals surface area contributed by atoms with Crippen LogP contribution in [0.3, 0.4) is 0 Å². The molecule has 0 saturated heterocycles. The maximum Gasteiger partial charge on any atom is 0.279 e. The van der Waals surface area contributed by atoms with Crippen molar-refractivity contribution in [3.05, 3.63) is 29.8 Å². The number of hydrogen-bond donors (Lipinski definition) is 2. The van der Waals surface area contributed by atoms with E-state index in [1.807, 2.05) is 38.1 Å². The topological polar surface area (TPSA) is 67.4 Å². The van der Waals surface area contributed by atoms with E-state index in [1.165, 1.54) is 5.56 Å². The van der Waals surface area contributed by atoms with E-state index in [0.29, 0.717) is 12.2 Å². The van der Waals surface area contributed by atoms with Crippen LogP contribution in [0.5, 0.6) is 5.75 Å². The summed E-state index contributed by atoms with van der Waals surface area (Å²) in [6, 6.07) is 7.68. The Morgan fingerprint density at radius 2 is 1.61 bits per heavy atom. The van der Waals surface area contributed by atoms with Gasteiger partial charge in [-0.05, 0) is 36.0 Å². The van der Waals surface area contributed by atoms with Gasteiger partial charge >= 0.3 is 0 Å². The van der Waals surface area contributed by atoms with Crippen LogP contribution in [0.25, 0.3) is 0 Å². The van der Waals surface area contributed by atoms with E-state index >= 15 is 0 Å². The van der Waals surface area contributed by atoms with E-state index < -0.39 is 6.10 Å². The fourth-order valence-electron chi connectivity index (χ4n) is 1.95. The molecule has 0 spiro atoms. The monoisotopic (exact) mass is 320 g/mol. The smallest absolute Gasteiger partial charge is 0.279 e. The Morgan fingerprint density at radius 3 is 2.09 bits per heavy atom. The average molecular weight is 320 g/mol. The minimum atomic E-state index is -0.699. The molecule has 1 aromatic rings. The molecule has 0 aliphatic carbocycles. The zero-order chi connectivity index (χ0) is 17.6. The molecule has 1 aromatic carbocycles. The van der Waals surface area contributed by atoms with Crippen molar-refractivity contribution in [1.29, 1.82) is 0 Å². The molecule has 1 unspecified atom stereocenters. The molecule has 0 aliphatic heterocycles. The highest BCUT2D eigenvalue weighted by Gasteiger charge is 2.17. The van der Waals surface area contributed by atoms with Crippen LogP contribution in [0.2, 0.25) is 0 Å². The van der Waals surface area contributed by atoms with Gasteiger partial charge in [0, 0.05) is 6.42 Å². The molecule has 5 heteroatoms. The third-order valence-electron chi connectivity index (χ3n) is 3.32. The third-order valence-corrected chi connectivity index (χ3v) is 3.32. The van der Waals surface area contributed by atoms with Crippen LogP contribution < -0.4 is 15.6 Å². The molecular formula is C18H28N2O3. The quantitative estimate of drug-likeness (QED) is 0.820. The summed E-state index contributed by atoms with van der Waals surface area (Å²) < 4.78 is 5.59. The highest BCUT2D eigenvalue weighted by molar-refractivity contribution is 5.84. The fraction of sp³-hybridized carbons (Fsp3) is 0.556.